The van der Waals surface area contributed by atoms with Crippen LogP contribution in [0.5, 0.6) is 0 Å². The maximum Gasteiger partial charge on any atom is 0.306 e. The maximum absolute atomic E-state index is 12.8. The number of carbonyl (C=O) groups is 3. The summed E-state index contributed by atoms with van der Waals surface area (Å²) in [5.41, 5.74) is 1.83. The number of ether oxygens (including phenoxy) is 1. The van der Waals surface area contributed by atoms with E-state index < -0.39 is 12.0 Å². The molecule has 1 aliphatic rings. The summed E-state index contributed by atoms with van der Waals surface area (Å²) in [6.07, 6.45) is 4.51. The lowest BCUT2D eigenvalue weighted by Crippen LogP contribution is -2.37. The van der Waals surface area contributed by atoms with Crippen molar-refractivity contribution < 1.29 is 19.1 Å². The Morgan fingerprint density at radius 2 is 1.71 bits per heavy atom. The molecule has 1 heterocycles. The van der Waals surface area contributed by atoms with E-state index >= 15 is 0 Å². The van der Waals surface area contributed by atoms with Gasteiger partial charge in [0, 0.05) is 19.4 Å². The summed E-state index contributed by atoms with van der Waals surface area (Å²) in [6.45, 7) is 0.594. The van der Waals surface area contributed by atoms with Gasteiger partial charge >= 0.3 is 5.97 Å². The van der Waals surface area contributed by atoms with Crippen molar-refractivity contribution in [1.82, 2.24) is 10.6 Å². The molecule has 2 atom stereocenters. The molecule has 2 amide bonds. The summed E-state index contributed by atoms with van der Waals surface area (Å²) in [5.74, 6) is -1.18. The Labute approximate surface area is 182 Å². The lowest BCUT2D eigenvalue weighted by Gasteiger charge is -2.21. The van der Waals surface area contributed by atoms with Crippen LogP contribution in [0.4, 0.5) is 0 Å². The summed E-state index contributed by atoms with van der Waals surface area (Å²) in [5, 5.41) is 5.75. The lowest BCUT2D eigenvalue weighted by molar-refractivity contribution is -0.150. The van der Waals surface area contributed by atoms with E-state index in [9.17, 15) is 14.4 Å². The largest absolute Gasteiger partial charge is 0.456 e. The van der Waals surface area contributed by atoms with E-state index in [0.29, 0.717) is 19.4 Å². The number of hydrogen-bond acceptors (Lipinski definition) is 4. The molecule has 2 N–H and O–H groups in total. The standard InChI is InChI=1S/C25H28N2O4/c28-23(26-17-19-10-4-1-5-11-19)16-21-14-8-3-9-15-24(29)31-22(18-27-25(21)30)20-12-6-2-7-13-20/h1-8,10-13,21-22H,9,14-18H2,(H,26,28)(H,27,30)/t21-,22-/m0/s1. The second-order valence-corrected chi connectivity index (χ2v) is 7.54. The Kier molecular flexibility index (Phi) is 8.40. The van der Waals surface area contributed by atoms with Gasteiger partial charge in [-0.25, -0.2) is 0 Å². The third-order valence-corrected chi connectivity index (χ3v) is 5.14. The fraction of sp³-hybridized carbons (Fsp3) is 0.320. The molecule has 0 aromatic heterocycles. The zero-order valence-corrected chi connectivity index (χ0v) is 17.5. The smallest absolute Gasteiger partial charge is 0.306 e. The van der Waals surface area contributed by atoms with Gasteiger partial charge in [0.05, 0.1) is 12.5 Å². The van der Waals surface area contributed by atoms with Gasteiger partial charge in [0.1, 0.15) is 6.10 Å². The van der Waals surface area contributed by atoms with E-state index in [1.165, 1.54) is 0 Å². The number of amides is 2. The van der Waals surface area contributed by atoms with Gasteiger partial charge in [-0.1, -0.05) is 72.8 Å². The van der Waals surface area contributed by atoms with Gasteiger partial charge in [-0.2, -0.15) is 0 Å². The van der Waals surface area contributed by atoms with Crippen molar-refractivity contribution in [2.45, 2.75) is 38.3 Å². The van der Waals surface area contributed by atoms with Gasteiger partial charge in [-0.05, 0) is 24.0 Å². The monoisotopic (exact) mass is 420 g/mol. The number of rotatable bonds is 5. The minimum absolute atomic E-state index is 0.0960. The van der Waals surface area contributed by atoms with Crippen molar-refractivity contribution in [1.29, 1.82) is 0 Å². The lowest BCUT2D eigenvalue weighted by atomic mass is 9.98. The van der Waals surface area contributed by atoms with Gasteiger partial charge < -0.3 is 15.4 Å². The summed E-state index contributed by atoms with van der Waals surface area (Å²) < 4.78 is 5.59. The predicted molar refractivity (Wildman–Crippen MR) is 118 cm³/mol. The molecule has 0 aliphatic carbocycles. The Balaban J connectivity index is 1.63. The van der Waals surface area contributed by atoms with Crippen LogP contribution in [0.3, 0.4) is 0 Å². The van der Waals surface area contributed by atoms with Crippen LogP contribution in [0.1, 0.15) is 42.9 Å². The zero-order valence-electron chi connectivity index (χ0n) is 17.5. The van der Waals surface area contributed by atoms with Crippen LogP contribution in [0, 0.1) is 5.92 Å². The number of esters is 1. The van der Waals surface area contributed by atoms with Gasteiger partial charge in [-0.3, -0.25) is 14.4 Å². The highest BCUT2D eigenvalue weighted by Gasteiger charge is 2.24. The molecule has 2 aromatic rings. The van der Waals surface area contributed by atoms with Crippen LogP contribution in [0.2, 0.25) is 0 Å². The van der Waals surface area contributed by atoms with Crippen LogP contribution in [0.25, 0.3) is 0 Å². The van der Waals surface area contributed by atoms with Crippen molar-refractivity contribution >= 4 is 17.8 Å². The Morgan fingerprint density at radius 1 is 1.00 bits per heavy atom. The first-order valence-electron chi connectivity index (χ1n) is 10.6. The van der Waals surface area contributed by atoms with E-state index in [2.05, 4.69) is 10.6 Å². The molecule has 0 fully saturated rings. The first-order valence-corrected chi connectivity index (χ1v) is 10.6. The SMILES string of the molecule is O=C(C[C@@H]1CC=CCCC(=O)O[C@H](c2ccccc2)CNC1=O)NCc1ccccc1. The molecular weight excluding hydrogens is 392 g/mol. The summed E-state index contributed by atoms with van der Waals surface area (Å²) >= 11 is 0. The van der Waals surface area contributed by atoms with Crippen LogP contribution in [-0.4, -0.2) is 24.3 Å². The molecule has 0 radical (unpaired) electrons. The number of cyclic esters (lactones) is 1. The predicted octanol–water partition coefficient (Wildman–Crippen LogP) is 3.45. The molecule has 3 rings (SSSR count). The molecular formula is C25H28N2O4. The second kappa shape index (κ2) is 11.7. The number of nitrogens with one attached hydrogen (secondary N) is 2. The van der Waals surface area contributed by atoms with E-state index in [0.717, 1.165) is 11.1 Å². The molecule has 0 bridgehead atoms. The average molecular weight is 421 g/mol. The van der Waals surface area contributed by atoms with E-state index in [4.69, 9.17) is 4.74 Å². The van der Waals surface area contributed by atoms with E-state index in [-0.39, 0.29) is 37.2 Å². The van der Waals surface area contributed by atoms with Gasteiger partial charge in [0.25, 0.3) is 0 Å². The Hall–Kier alpha value is -3.41. The van der Waals surface area contributed by atoms with E-state index in [1.54, 1.807) is 0 Å². The fourth-order valence-corrected chi connectivity index (χ4v) is 3.41. The normalized spacial score (nSPS) is 20.0. The zero-order chi connectivity index (χ0) is 21.9. The third kappa shape index (κ3) is 7.41. The Bertz CT molecular complexity index is 896. The summed E-state index contributed by atoms with van der Waals surface area (Å²) in [4.78, 5) is 37.4. The first kappa shape index (κ1) is 22.3. The molecule has 0 spiro atoms. The molecule has 31 heavy (non-hydrogen) atoms. The van der Waals surface area contributed by atoms with Gasteiger partial charge in [0.15, 0.2) is 0 Å². The highest BCUT2D eigenvalue weighted by atomic mass is 16.5. The highest BCUT2D eigenvalue weighted by Crippen LogP contribution is 2.19. The minimum atomic E-state index is -0.561. The number of carbonyl (C=O) groups excluding carboxylic acids is 3. The highest BCUT2D eigenvalue weighted by molar-refractivity contribution is 5.86. The van der Waals surface area contributed by atoms with Crippen molar-refractivity contribution in [2.24, 2.45) is 5.92 Å². The van der Waals surface area contributed by atoms with Gasteiger partial charge in [-0.15, -0.1) is 0 Å². The molecule has 6 heteroatoms. The summed E-state index contributed by atoms with van der Waals surface area (Å²) in [6, 6.07) is 19.0. The van der Waals surface area contributed by atoms with Crippen molar-refractivity contribution in [3.63, 3.8) is 0 Å². The average Bonchev–Trinajstić information content (AvgIpc) is 2.79. The molecule has 6 nitrogen and oxygen atoms in total. The van der Waals surface area contributed by atoms with Crippen molar-refractivity contribution in [2.75, 3.05) is 6.54 Å². The molecule has 0 unspecified atom stereocenters. The van der Waals surface area contributed by atoms with Crippen molar-refractivity contribution in [3.05, 3.63) is 83.9 Å². The molecule has 0 saturated heterocycles. The quantitative estimate of drug-likeness (QED) is 0.573. The van der Waals surface area contributed by atoms with E-state index in [1.807, 2.05) is 72.8 Å². The molecule has 0 saturated carbocycles. The number of hydrogen-bond donors (Lipinski definition) is 2. The number of allylic oxidation sites excluding steroid dienone is 2. The Morgan fingerprint density at radius 3 is 2.45 bits per heavy atom. The fourth-order valence-electron chi connectivity index (χ4n) is 3.41. The first-order chi connectivity index (χ1) is 15.1. The van der Waals surface area contributed by atoms with Gasteiger partial charge in [0.2, 0.25) is 11.8 Å². The third-order valence-electron chi connectivity index (χ3n) is 5.14. The van der Waals surface area contributed by atoms with Crippen LogP contribution in [0.15, 0.2) is 72.8 Å². The van der Waals surface area contributed by atoms with Crippen LogP contribution in [-0.2, 0) is 25.7 Å². The summed E-state index contributed by atoms with van der Waals surface area (Å²) in [7, 11) is 0. The minimum Gasteiger partial charge on any atom is -0.456 e. The molecule has 1 aliphatic heterocycles. The maximum atomic E-state index is 12.8. The topological polar surface area (TPSA) is 84.5 Å². The molecule has 162 valence electrons. The van der Waals surface area contributed by atoms with Crippen molar-refractivity contribution in [3.8, 4) is 0 Å². The van der Waals surface area contributed by atoms with Crippen LogP contribution < -0.4 is 10.6 Å². The number of benzene rings is 2. The molecule has 2 aromatic carbocycles. The second-order valence-electron chi connectivity index (χ2n) is 7.54. The van der Waals surface area contributed by atoms with Crippen LogP contribution >= 0.6 is 0 Å².